The van der Waals surface area contributed by atoms with Crippen LogP contribution in [-0.4, -0.2) is 44.6 Å². The van der Waals surface area contributed by atoms with Crippen LogP contribution in [0.25, 0.3) is 0 Å². The van der Waals surface area contributed by atoms with Crippen molar-refractivity contribution in [2.45, 2.75) is 33.1 Å². The van der Waals surface area contributed by atoms with Crippen LogP contribution >= 0.6 is 0 Å². The van der Waals surface area contributed by atoms with Crippen LogP contribution in [0, 0.1) is 5.92 Å². The Bertz CT molecular complexity index is 754. The van der Waals surface area contributed by atoms with E-state index in [1.54, 1.807) is 12.1 Å². The number of hydrogen-bond acceptors (Lipinski definition) is 7. The maximum atomic E-state index is 12.0. The summed E-state index contributed by atoms with van der Waals surface area (Å²) >= 11 is 0. The Labute approximate surface area is 159 Å². The molecule has 1 fully saturated rings. The summed E-state index contributed by atoms with van der Waals surface area (Å²) in [5.41, 5.74) is 3.54. The Hall–Kier alpha value is -2.74. The number of methoxy groups -OCH3 is 1. The van der Waals surface area contributed by atoms with Crippen LogP contribution in [0.1, 0.15) is 38.7 Å². The standard InChI is InChI=1S/C19H26N4O4/c1-6-16(22-26-4)18(14-11-12-14)21-20-13(2)15-9-7-8-10-17(15)23(27-5)19(24)25-3/h7-10,14H,6,11-12H2,1-5H3/b20-13+,21-18+,22-16+. The van der Waals surface area contributed by atoms with Gasteiger partial charge in [0, 0.05) is 11.5 Å². The second-order valence-electron chi connectivity index (χ2n) is 5.98. The lowest BCUT2D eigenvalue weighted by molar-refractivity contribution is 0.115. The van der Waals surface area contributed by atoms with Crippen LogP contribution < -0.4 is 5.06 Å². The quantitative estimate of drug-likeness (QED) is 0.511. The molecule has 1 amide bonds. The Morgan fingerprint density at radius 2 is 1.89 bits per heavy atom. The zero-order valence-electron chi connectivity index (χ0n) is 16.4. The van der Waals surface area contributed by atoms with Crippen LogP contribution in [-0.2, 0) is 14.4 Å². The van der Waals surface area contributed by atoms with Crippen LogP contribution in [0.2, 0.25) is 0 Å². The van der Waals surface area contributed by atoms with E-state index in [0.29, 0.717) is 29.3 Å². The molecule has 1 aliphatic carbocycles. The van der Waals surface area contributed by atoms with Crippen molar-refractivity contribution in [1.82, 2.24) is 0 Å². The van der Waals surface area contributed by atoms with Gasteiger partial charge in [-0.2, -0.15) is 15.3 Å². The molecule has 1 saturated carbocycles. The Kier molecular flexibility index (Phi) is 7.48. The Morgan fingerprint density at radius 1 is 1.19 bits per heavy atom. The number of hydrogen-bond donors (Lipinski definition) is 0. The molecule has 0 heterocycles. The number of benzene rings is 1. The average Bonchev–Trinajstić information content (AvgIpc) is 3.53. The van der Waals surface area contributed by atoms with Crippen molar-refractivity contribution in [1.29, 1.82) is 0 Å². The fourth-order valence-corrected chi connectivity index (χ4v) is 2.63. The Morgan fingerprint density at radius 3 is 2.44 bits per heavy atom. The summed E-state index contributed by atoms with van der Waals surface area (Å²) in [6.07, 6.45) is 2.24. The SMILES string of the molecule is CCC(=N\OC)/C(=N/N=C(\C)c1ccccc1N(OC)C(=O)OC)C1CC1. The van der Waals surface area contributed by atoms with Gasteiger partial charge < -0.3 is 9.57 Å². The zero-order valence-corrected chi connectivity index (χ0v) is 16.4. The summed E-state index contributed by atoms with van der Waals surface area (Å²) < 4.78 is 4.77. The molecule has 1 aliphatic rings. The van der Waals surface area contributed by atoms with Gasteiger partial charge in [-0.25, -0.2) is 4.79 Å². The molecule has 27 heavy (non-hydrogen) atoms. The van der Waals surface area contributed by atoms with Crippen molar-refractivity contribution in [3.63, 3.8) is 0 Å². The maximum Gasteiger partial charge on any atom is 0.438 e. The summed E-state index contributed by atoms with van der Waals surface area (Å²) in [6.45, 7) is 3.84. The molecule has 0 unspecified atom stereocenters. The highest BCUT2D eigenvalue weighted by Gasteiger charge is 2.31. The summed E-state index contributed by atoms with van der Waals surface area (Å²) in [5, 5.41) is 14.0. The van der Waals surface area contributed by atoms with Crippen molar-refractivity contribution in [2.24, 2.45) is 21.3 Å². The number of hydroxylamine groups is 1. The molecule has 8 heteroatoms. The fraction of sp³-hybridized carbons (Fsp3) is 0.474. The summed E-state index contributed by atoms with van der Waals surface area (Å²) in [5.74, 6) is 0.371. The molecule has 146 valence electrons. The molecule has 0 bridgehead atoms. The van der Waals surface area contributed by atoms with E-state index in [9.17, 15) is 4.79 Å². The molecule has 0 aromatic heterocycles. The van der Waals surface area contributed by atoms with E-state index in [4.69, 9.17) is 14.4 Å². The highest BCUT2D eigenvalue weighted by Crippen LogP contribution is 2.32. The number of ether oxygens (including phenoxy) is 1. The van der Waals surface area contributed by atoms with Gasteiger partial charge in [0.15, 0.2) is 0 Å². The second-order valence-corrected chi connectivity index (χ2v) is 5.98. The minimum Gasteiger partial charge on any atom is -0.451 e. The normalized spacial score (nSPS) is 15.5. The molecule has 1 aromatic rings. The first kappa shape index (κ1) is 20.6. The van der Waals surface area contributed by atoms with Gasteiger partial charge in [0.2, 0.25) is 0 Å². The first-order valence-electron chi connectivity index (χ1n) is 8.81. The third kappa shape index (κ3) is 5.13. The monoisotopic (exact) mass is 374 g/mol. The molecule has 0 atom stereocenters. The molecular formula is C19H26N4O4. The smallest absolute Gasteiger partial charge is 0.438 e. The van der Waals surface area contributed by atoms with Gasteiger partial charge in [-0.15, -0.1) is 0 Å². The lowest BCUT2D eigenvalue weighted by atomic mass is 10.1. The van der Waals surface area contributed by atoms with Crippen LogP contribution in [0.15, 0.2) is 39.6 Å². The van der Waals surface area contributed by atoms with Gasteiger partial charge in [0.25, 0.3) is 0 Å². The van der Waals surface area contributed by atoms with Gasteiger partial charge >= 0.3 is 6.09 Å². The van der Waals surface area contributed by atoms with Crippen LogP contribution in [0.3, 0.4) is 0 Å². The van der Waals surface area contributed by atoms with E-state index in [2.05, 4.69) is 15.4 Å². The maximum absolute atomic E-state index is 12.0. The van der Waals surface area contributed by atoms with Gasteiger partial charge in [-0.05, 0) is 32.3 Å². The van der Waals surface area contributed by atoms with Crippen molar-refractivity contribution in [3.05, 3.63) is 29.8 Å². The zero-order chi connectivity index (χ0) is 19.8. The van der Waals surface area contributed by atoms with Crippen molar-refractivity contribution < 1.29 is 19.2 Å². The third-order valence-electron chi connectivity index (χ3n) is 4.14. The van der Waals surface area contributed by atoms with E-state index in [1.807, 2.05) is 26.0 Å². The number of anilines is 1. The number of carbonyl (C=O) groups is 1. The number of oxime groups is 1. The number of rotatable bonds is 8. The summed E-state index contributed by atoms with van der Waals surface area (Å²) in [4.78, 5) is 22.1. The van der Waals surface area contributed by atoms with Crippen LogP contribution in [0.5, 0.6) is 0 Å². The summed E-state index contributed by atoms with van der Waals surface area (Å²) in [6, 6.07) is 7.27. The molecule has 0 saturated heterocycles. The first-order chi connectivity index (χ1) is 13.1. The molecular weight excluding hydrogens is 348 g/mol. The van der Waals surface area contributed by atoms with Gasteiger partial charge in [-0.1, -0.05) is 30.3 Å². The number of amides is 1. The van der Waals surface area contributed by atoms with E-state index < -0.39 is 6.09 Å². The number of nitrogens with zero attached hydrogens (tertiary/aromatic N) is 4. The lowest BCUT2D eigenvalue weighted by Crippen LogP contribution is -2.30. The highest BCUT2D eigenvalue weighted by atomic mass is 16.7. The largest absolute Gasteiger partial charge is 0.451 e. The molecule has 0 N–H and O–H groups in total. The minimum absolute atomic E-state index is 0.371. The van der Waals surface area contributed by atoms with E-state index >= 15 is 0 Å². The highest BCUT2D eigenvalue weighted by molar-refractivity contribution is 6.43. The van der Waals surface area contributed by atoms with E-state index in [0.717, 1.165) is 29.3 Å². The van der Waals surface area contributed by atoms with Gasteiger partial charge in [0.05, 0.1) is 31.3 Å². The minimum atomic E-state index is -0.625. The average molecular weight is 374 g/mol. The molecule has 0 spiro atoms. The van der Waals surface area contributed by atoms with Crippen molar-refractivity contribution in [3.8, 4) is 0 Å². The molecule has 8 nitrogen and oxygen atoms in total. The topological polar surface area (TPSA) is 85.1 Å². The third-order valence-corrected chi connectivity index (χ3v) is 4.14. The van der Waals surface area contributed by atoms with E-state index in [-0.39, 0.29) is 0 Å². The van der Waals surface area contributed by atoms with Crippen molar-refractivity contribution in [2.75, 3.05) is 26.4 Å². The fourth-order valence-electron chi connectivity index (χ4n) is 2.63. The number of carbonyl (C=O) groups excluding carboxylic acids is 1. The van der Waals surface area contributed by atoms with E-state index in [1.165, 1.54) is 21.3 Å². The second kappa shape index (κ2) is 9.82. The first-order valence-corrected chi connectivity index (χ1v) is 8.81. The number of para-hydroxylation sites is 1. The lowest BCUT2D eigenvalue weighted by Gasteiger charge is -2.20. The van der Waals surface area contributed by atoms with Gasteiger partial charge in [0.1, 0.15) is 12.8 Å². The van der Waals surface area contributed by atoms with Gasteiger partial charge in [-0.3, -0.25) is 4.84 Å². The molecule has 0 aliphatic heterocycles. The molecule has 0 radical (unpaired) electrons. The molecule has 2 rings (SSSR count). The Balaban J connectivity index is 2.40. The predicted octanol–water partition coefficient (Wildman–Crippen LogP) is 3.81. The van der Waals surface area contributed by atoms with Crippen LogP contribution in [0.4, 0.5) is 10.5 Å². The predicted molar refractivity (Wildman–Crippen MR) is 105 cm³/mol. The van der Waals surface area contributed by atoms with Crippen molar-refractivity contribution >= 4 is 28.9 Å². The molecule has 1 aromatic carbocycles. The summed E-state index contributed by atoms with van der Waals surface area (Å²) in [7, 11) is 4.22.